The molecule has 78 valence electrons. The Balaban J connectivity index is 2.66. The van der Waals surface area contributed by atoms with Crippen molar-refractivity contribution in [3.05, 3.63) is 29.6 Å². The molecule has 0 bridgehead atoms. The number of halogens is 1. The fraction of sp³-hybridized carbons (Fsp3) is 0.100. The number of anilines is 1. The van der Waals surface area contributed by atoms with Gasteiger partial charge in [0.15, 0.2) is 0 Å². The molecule has 3 N–H and O–H groups in total. The lowest BCUT2D eigenvalue weighted by atomic mass is 10.1. The standard InChI is InChI=1S/C10H9FN2O2/c1-5-2-3-7(14)9(10(5)11)6-4-8(12)15-13-6/h2-4,14H,12H2,1H3. The monoisotopic (exact) mass is 208 g/mol. The van der Waals surface area contributed by atoms with Gasteiger partial charge in [0.2, 0.25) is 5.88 Å². The molecule has 0 unspecified atom stereocenters. The first-order chi connectivity index (χ1) is 7.09. The van der Waals surface area contributed by atoms with Crippen LogP contribution in [-0.2, 0) is 0 Å². The molecule has 5 heteroatoms. The number of nitrogens with two attached hydrogens (primary N) is 1. The first-order valence-electron chi connectivity index (χ1n) is 4.30. The molecule has 0 atom stereocenters. The topological polar surface area (TPSA) is 72.3 Å². The molecule has 2 rings (SSSR count). The number of benzene rings is 1. The van der Waals surface area contributed by atoms with Gasteiger partial charge in [-0.3, -0.25) is 0 Å². The number of nitrogen functional groups attached to an aromatic ring is 1. The van der Waals surface area contributed by atoms with E-state index < -0.39 is 5.82 Å². The molecule has 0 radical (unpaired) electrons. The molecule has 0 saturated heterocycles. The Morgan fingerprint density at radius 3 is 2.80 bits per heavy atom. The minimum atomic E-state index is -0.525. The summed E-state index contributed by atoms with van der Waals surface area (Å²) in [5.41, 5.74) is 5.94. The second kappa shape index (κ2) is 3.27. The van der Waals surface area contributed by atoms with Crippen LogP contribution in [0.5, 0.6) is 5.75 Å². The van der Waals surface area contributed by atoms with Crippen molar-refractivity contribution < 1.29 is 14.0 Å². The third-order valence-corrected chi connectivity index (χ3v) is 2.10. The SMILES string of the molecule is Cc1ccc(O)c(-c2cc(N)on2)c1F. The summed E-state index contributed by atoms with van der Waals surface area (Å²) in [5.74, 6) is -0.639. The van der Waals surface area contributed by atoms with Crippen LogP contribution >= 0.6 is 0 Å². The summed E-state index contributed by atoms with van der Waals surface area (Å²) >= 11 is 0. The van der Waals surface area contributed by atoms with E-state index >= 15 is 0 Å². The van der Waals surface area contributed by atoms with Crippen LogP contribution in [-0.4, -0.2) is 10.3 Å². The lowest BCUT2D eigenvalue weighted by Crippen LogP contribution is -1.89. The van der Waals surface area contributed by atoms with Gasteiger partial charge in [0.25, 0.3) is 0 Å². The highest BCUT2D eigenvalue weighted by Crippen LogP contribution is 2.33. The maximum atomic E-state index is 13.7. The Hall–Kier alpha value is -2.04. The lowest BCUT2D eigenvalue weighted by molar-refractivity contribution is 0.435. The molecule has 1 aromatic carbocycles. The van der Waals surface area contributed by atoms with E-state index in [4.69, 9.17) is 5.73 Å². The summed E-state index contributed by atoms with van der Waals surface area (Å²) in [6.07, 6.45) is 0. The van der Waals surface area contributed by atoms with Crippen LogP contribution in [0, 0.1) is 12.7 Å². The van der Waals surface area contributed by atoms with Gasteiger partial charge >= 0.3 is 0 Å². The zero-order chi connectivity index (χ0) is 11.0. The van der Waals surface area contributed by atoms with Gasteiger partial charge in [-0.2, -0.15) is 0 Å². The number of nitrogens with zero attached hydrogens (tertiary/aromatic N) is 1. The first-order valence-corrected chi connectivity index (χ1v) is 4.30. The Bertz CT molecular complexity index is 508. The highest BCUT2D eigenvalue weighted by atomic mass is 19.1. The molecule has 0 fully saturated rings. The van der Waals surface area contributed by atoms with E-state index in [0.29, 0.717) is 5.56 Å². The molecule has 0 spiro atoms. The van der Waals surface area contributed by atoms with Crippen molar-refractivity contribution in [2.45, 2.75) is 6.92 Å². The predicted molar refractivity (Wildman–Crippen MR) is 52.7 cm³/mol. The van der Waals surface area contributed by atoms with Crippen LogP contribution in [0.3, 0.4) is 0 Å². The molecule has 1 heterocycles. The van der Waals surface area contributed by atoms with Crippen molar-refractivity contribution in [1.82, 2.24) is 5.16 Å². The number of aromatic hydroxyl groups is 1. The van der Waals surface area contributed by atoms with Gasteiger partial charge in [-0.15, -0.1) is 0 Å². The zero-order valence-corrected chi connectivity index (χ0v) is 7.99. The lowest BCUT2D eigenvalue weighted by Gasteiger charge is -2.04. The number of hydrogen-bond acceptors (Lipinski definition) is 4. The summed E-state index contributed by atoms with van der Waals surface area (Å²) in [4.78, 5) is 0. The van der Waals surface area contributed by atoms with E-state index in [1.807, 2.05) is 0 Å². The van der Waals surface area contributed by atoms with Crippen LogP contribution in [0.2, 0.25) is 0 Å². The Morgan fingerprint density at radius 1 is 1.47 bits per heavy atom. The van der Waals surface area contributed by atoms with Gasteiger partial charge in [0.05, 0.1) is 5.56 Å². The Labute approximate surface area is 85.1 Å². The predicted octanol–water partition coefficient (Wildman–Crippen LogP) is 2.08. The van der Waals surface area contributed by atoms with Crippen LogP contribution < -0.4 is 5.73 Å². The fourth-order valence-corrected chi connectivity index (χ4v) is 1.32. The fourth-order valence-electron chi connectivity index (χ4n) is 1.32. The molecule has 2 aromatic rings. The third-order valence-electron chi connectivity index (χ3n) is 2.10. The van der Waals surface area contributed by atoms with E-state index in [1.54, 1.807) is 6.92 Å². The summed E-state index contributed by atoms with van der Waals surface area (Å²) in [6, 6.07) is 4.24. The average molecular weight is 208 g/mol. The molecule has 1 aromatic heterocycles. The third kappa shape index (κ3) is 1.52. The van der Waals surface area contributed by atoms with Crippen molar-refractivity contribution in [1.29, 1.82) is 0 Å². The van der Waals surface area contributed by atoms with Crippen molar-refractivity contribution in [3.8, 4) is 17.0 Å². The van der Waals surface area contributed by atoms with Gasteiger partial charge in [-0.25, -0.2) is 4.39 Å². The number of aryl methyl sites for hydroxylation is 1. The van der Waals surface area contributed by atoms with Gasteiger partial charge < -0.3 is 15.4 Å². The largest absolute Gasteiger partial charge is 0.507 e. The highest BCUT2D eigenvalue weighted by Gasteiger charge is 2.16. The summed E-state index contributed by atoms with van der Waals surface area (Å²) in [7, 11) is 0. The molecular formula is C10H9FN2O2. The van der Waals surface area contributed by atoms with Gasteiger partial charge in [0, 0.05) is 6.07 Å². The molecule has 15 heavy (non-hydrogen) atoms. The molecule has 0 saturated carbocycles. The number of rotatable bonds is 1. The minimum Gasteiger partial charge on any atom is -0.507 e. The van der Waals surface area contributed by atoms with E-state index in [2.05, 4.69) is 9.68 Å². The van der Waals surface area contributed by atoms with Crippen molar-refractivity contribution in [3.63, 3.8) is 0 Å². The Kier molecular flexibility index (Phi) is 2.07. The first kappa shape index (κ1) is 9.51. The van der Waals surface area contributed by atoms with Crippen molar-refractivity contribution in [2.24, 2.45) is 0 Å². The summed E-state index contributed by atoms with van der Waals surface area (Å²) < 4.78 is 18.3. The number of aromatic nitrogens is 1. The van der Waals surface area contributed by atoms with Gasteiger partial charge in [-0.1, -0.05) is 11.2 Å². The second-order valence-electron chi connectivity index (χ2n) is 3.21. The Morgan fingerprint density at radius 2 is 2.20 bits per heavy atom. The smallest absolute Gasteiger partial charge is 0.222 e. The van der Waals surface area contributed by atoms with Crippen LogP contribution in [0.25, 0.3) is 11.3 Å². The number of phenolic OH excluding ortho intramolecular Hbond substituents is 1. The summed E-state index contributed by atoms with van der Waals surface area (Å²) in [5, 5.41) is 13.1. The normalized spacial score (nSPS) is 10.5. The summed E-state index contributed by atoms with van der Waals surface area (Å²) in [6.45, 7) is 1.60. The number of phenols is 1. The molecule has 0 aliphatic heterocycles. The van der Waals surface area contributed by atoms with E-state index in [1.165, 1.54) is 18.2 Å². The van der Waals surface area contributed by atoms with Gasteiger partial charge in [0.1, 0.15) is 17.3 Å². The van der Waals surface area contributed by atoms with Crippen molar-refractivity contribution in [2.75, 3.05) is 5.73 Å². The maximum Gasteiger partial charge on any atom is 0.222 e. The van der Waals surface area contributed by atoms with Gasteiger partial charge in [-0.05, 0) is 18.6 Å². The molecular weight excluding hydrogens is 199 g/mol. The quantitative estimate of drug-likeness (QED) is 0.752. The molecule has 0 amide bonds. The molecule has 0 aliphatic rings. The maximum absolute atomic E-state index is 13.7. The second-order valence-corrected chi connectivity index (χ2v) is 3.21. The van der Waals surface area contributed by atoms with Crippen LogP contribution in [0.4, 0.5) is 10.3 Å². The average Bonchev–Trinajstić information content (AvgIpc) is 2.59. The van der Waals surface area contributed by atoms with E-state index in [0.717, 1.165) is 0 Å². The minimum absolute atomic E-state index is 0.00968. The molecule has 4 nitrogen and oxygen atoms in total. The number of hydrogen-bond donors (Lipinski definition) is 2. The van der Waals surface area contributed by atoms with E-state index in [-0.39, 0.29) is 22.9 Å². The zero-order valence-electron chi connectivity index (χ0n) is 7.99. The van der Waals surface area contributed by atoms with Crippen LogP contribution in [0.15, 0.2) is 22.7 Å². The highest BCUT2D eigenvalue weighted by molar-refractivity contribution is 5.69. The van der Waals surface area contributed by atoms with E-state index in [9.17, 15) is 9.50 Å². The molecule has 0 aliphatic carbocycles. The van der Waals surface area contributed by atoms with Crippen LogP contribution in [0.1, 0.15) is 5.56 Å². The van der Waals surface area contributed by atoms with Crippen molar-refractivity contribution >= 4 is 5.88 Å².